The van der Waals surface area contributed by atoms with E-state index in [4.69, 9.17) is 4.42 Å². The van der Waals surface area contributed by atoms with E-state index in [1.54, 1.807) is 31.2 Å². The van der Waals surface area contributed by atoms with Crippen LogP contribution in [0.25, 0.3) is 0 Å². The Morgan fingerprint density at radius 1 is 1.42 bits per heavy atom. The minimum Gasteiger partial charge on any atom is -0.507 e. The minimum absolute atomic E-state index is 0.0787. The van der Waals surface area contributed by atoms with E-state index in [0.29, 0.717) is 11.3 Å². The van der Waals surface area contributed by atoms with Gasteiger partial charge in [0.1, 0.15) is 11.5 Å². The molecule has 0 unspecified atom stereocenters. The van der Waals surface area contributed by atoms with Crippen molar-refractivity contribution < 1.29 is 14.3 Å². The molecule has 0 aliphatic carbocycles. The lowest BCUT2D eigenvalue weighted by molar-refractivity contribution is 0.0926. The van der Waals surface area contributed by atoms with Crippen LogP contribution < -0.4 is 5.43 Å². The van der Waals surface area contributed by atoms with Crippen molar-refractivity contribution in [1.82, 2.24) is 5.43 Å². The van der Waals surface area contributed by atoms with Gasteiger partial charge in [-0.15, -0.1) is 0 Å². The van der Waals surface area contributed by atoms with E-state index in [2.05, 4.69) is 26.5 Å². The molecule has 0 saturated carbocycles. The third-order valence-corrected chi connectivity index (χ3v) is 2.82. The third kappa shape index (κ3) is 3.45. The summed E-state index contributed by atoms with van der Waals surface area (Å²) in [6.45, 7) is 1.75. The van der Waals surface area contributed by atoms with Gasteiger partial charge in [-0.3, -0.25) is 4.79 Å². The number of hydrogen-bond acceptors (Lipinski definition) is 4. The van der Waals surface area contributed by atoms with Gasteiger partial charge in [-0.1, -0.05) is 15.9 Å². The summed E-state index contributed by atoms with van der Waals surface area (Å²) >= 11 is 3.28. The molecule has 98 valence electrons. The Morgan fingerprint density at radius 2 is 2.21 bits per heavy atom. The molecule has 1 aromatic heterocycles. The van der Waals surface area contributed by atoms with Crippen LogP contribution >= 0.6 is 15.9 Å². The monoisotopic (exact) mass is 322 g/mol. The molecule has 0 aliphatic rings. The maximum absolute atomic E-state index is 11.6. The summed E-state index contributed by atoms with van der Waals surface area (Å²) in [6.07, 6.45) is 1.35. The van der Waals surface area contributed by atoms with Crippen LogP contribution in [0.3, 0.4) is 0 Å². The summed E-state index contributed by atoms with van der Waals surface area (Å²) in [5.41, 5.74) is 2.81. The second-order valence-electron chi connectivity index (χ2n) is 3.81. The average Bonchev–Trinajstić information content (AvgIpc) is 2.80. The fourth-order valence-electron chi connectivity index (χ4n) is 1.40. The van der Waals surface area contributed by atoms with Crippen molar-refractivity contribution in [2.24, 2.45) is 5.10 Å². The van der Waals surface area contributed by atoms with Crippen molar-refractivity contribution in [1.29, 1.82) is 0 Å². The number of hydrogen-bond donors (Lipinski definition) is 2. The van der Waals surface area contributed by atoms with Gasteiger partial charge >= 0.3 is 5.91 Å². The van der Waals surface area contributed by atoms with Gasteiger partial charge in [0.05, 0.1) is 6.21 Å². The predicted molar refractivity (Wildman–Crippen MR) is 74.3 cm³/mol. The topological polar surface area (TPSA) is 74.8 Å². The smallest absolute Gasteiger partial charge is 0.307 e. The van der Waals surface area contributed by atoms with E-state index in [1.807, 2.05) is 0 Å². The number of aryl methyl sites for hydroxylation is 1. The van der Waals surface area contributed by atoms with E-state index >= 15 is 0 Å². The molecule has 1 amide bonds. The number of phenolic OH excluding ortho intramolecular Hbond substituents is 1. The highest BCUT2D eigenvalue weighted by Crippen LogP contribution is 2.19. The quantitative estimate of drug-likeness (QED) is 0.674. The van der Waals surface area contributed by atoms with E-state index in [9.17, 15) is 9.90 Å². The van der Waals surface area contributed by atoms with E-state index in [-0.39, 0.29) is 11.5 Å². The van der Waals surface area contributed by atoms with Crippen LogP contribution in [0.5, 0.6) is 5.75 Å². The number of benzene rings is 1. The molecule has 0 saturated heterocycles. The number of furan rings is 1. The highest BCUT2D eigenvalue weighted by atomic mass is 79.9. The molecule has 0 spiro atoms. The Bertz CT molecular complexity index is 635. The van der Waals surface area contributed by atoms with Crippen molar-refractivity contribution in [3.63, 3.8) is 0 Å². The molecule has 5 nitrogen and oxygen atoms in total. The van der Waals surface area contributed by atoms with Gasteiger partial charge in [-0.25, -0.2) is 5.43 Å². The van der Waals surface area contributed by atoms with Gasteiger partial charge < -0.3 is 9.52 Å². The molecule has 0 bridgehead atoms. The summed E-state index contributed by atoms with van der Waals surface area (Å²) in [5.74, 6) is 0.473. The molecule has 0 fully saturated rings. The number of carbonyl (C=O) groups is 1. The number of nitrogens with one attached hydrogen (secondary N) is 1. The first kappa shape index (κ1) is 13.4. The second-order valence-corrected chi connectivity index (χ2v) is 4.73. The first-order valence-electron chi connectivity index (χ1n) is 5.44. The number of aromatic hydroxyl groups is 1. The van der Waals surface area contributed by atoms with Crippen molar-refractivity contribution in [3.05, 3.63) is 51.9 Å². The van der Waals surface area contributed by atoms with Crippen LogP contribution in [0.2, 0.25) is 0 Å². The fraction of sp³-hybridized carbons (Fsp3) is 0.0769. The van der Waals surface area contributed by atoms with Crippen LogP contribution in [0.15, 0.2) is 44.3 Å². The fourth-order valence-corrected chi connectivity index (χ4v) is 1.78. The summed E-state index contributed by atoms with van der Waals surface area (Å²) in [4.78, 5) is 11.6. The molecular weight excluding hydrogens is 312 g/mol. The van der Waals surface area contributed by atoms with Gasteiger partial charge in [-0.2, -0.15) is 5.10 Å². The van der Waals surface area contributed by atoms with Gasteiger partial charge in [0.15, 0.2) is 5.76 Å². The number of nitrogens with zero attached hydrogens (tertiary/aromatic N) is 1. The Kier molecular flexibility index (Phi) is 4.01. The van der Waals surface area contributed by atoms with E-state index < -0.39 is 5.91 Å². The number of amides is 1. The molecule has 1 aromatic carbocycles. The molecule has 2 rings (SSSR count). The van der Waals surface area contributed by atoms with Crippen LogP contribution in [0.1, 0.15) is 21.9 Å². The Balaban J connectivity index is 2.04. The van der Waals surface area contributed by atoms with Crippen molar-refractivity contribution in [2.45, 2.75) is 6.92 Å². The lowest BCUT2D eigenvalue weighted by atomic mass is 10.2. The predicted octanol–water partition coefficient (Wildman–Crippen LogP) is 2.82. The van der Waals surface area contributed by atoms with Crippen molar-refractivity contribution in [3.8, 4) is 5.75 Å². The van der Waals surface area contributed by atoms with Crippen molar-refractivity contribution in [2.75, 3.05) is 0 Å². The standard InChI is InChI=1S/C13H11BrN2O3/c1-8-2-5-12(19-8)13(18)16-15-7-9-6-10(14)3-4-11(9)17/h2-7,17H,1H3,(H,16,18)/b15-7-. The first-order valence-corrected chi connectivity index (χ1v) is 6.24. The van der Waals surface area contributed by atoms with Crippen molar-refractivity contribution >= 4 is 28.1 Å². The van der Waals surface area contributed by atoms with E-state index in [1.165, 1.54) is 12.3 Å². The van der Waals surface area contributed by atoms with Crippen LogP contribution in [0, 0.1) is 6.92 Å². The highest BCUT2D eigenvalue weighted by molar-refractivity contribution is 9.10. The van der Waals surface area contributed by atoms with Gasteiger partial charge in [-0.05, 0) is 37.3 Å². The zero-order chi connectivity index (χ0) is 13.8. The lowest BCUT2D eigenvalue weighted by Crippen LogP contribution is -2.16. The average molecular weight is 323 g/mol. The maximum Gasteiger partial charge on any atom is 0.307 e. The normalized spacial score (nSPS) is 10.8. The van der Waals surface area contributed by atoms with Crippen LogP contribution in [0.4, 0.5) is 0 Å². The molecule has 1 heterocycles. The largest absolute Gasteiger partial charge is 0.507 e. The molecule has 2 N–H and O–H groups in total. The van der Waals surface area contributed by atoms with Crippen LogP contribution in [-0.2, 0) is 0 Å². The zero-order valence-corrected chi connectivity index (χ0v) is 11.6. The first-order chi connectivity index (χ1) is 9.06. The molecule has 0 radical (unpaired) electrons. The van der Waals surface area contributed by atoms with Crippen LogP contribution in [-0.4, -0.2) is 17.2 Å². The van der Waals surface area contributed by atoms with E-state index in [0.717, 1.165) is 4.47 Å². The highest BCUT2D eigenvalue weighted by Gasteiger charge is 2.08. The summed E-state index contributed by atoms with van der Waals surface area (Å²) in [5, 5.41) is 13.3. The Hall–Kier alpha value is -2.08. The lowest BCUT2D eigenvalue weighted by Gasteiger charge is -1.99. The third-order valence-electron chi connectivity index (χ3n) is 2.32. The number of halogens is 1. The number of carbonyl (C=O) groups excluding carboxylic acids is 1. The maximum atomic E-state index is 11.6. The molecular formula is C13H11BrN2O3. The summed E-state index contributed by atoms with van der Waals surface area (Å²) < 4.78 is 5.95. The zero-order valence-electron chi connectivity index (χ0n) is 10.1. The second kappa shape index (κ2) is 5.71. The number of phenols is 1. The molecule has 19 heavy (non-hydrogen) atoms. The SMILES string of the molecule is Cc1ccc(C(=O)N/N=C\c2cc(Br)ccc2O)o1. The van der Waals surface area contributed by atoms with Gasteiger partial charge in [0, 0.05) is 10.0 Å². The van der Waals surface area contributed by atoms with Gasteiger partial charge in [0.2, 0.25) is 0 Å². The van der Waals surface area contributed by atoms with Gasteiger partial charge in [0.25, 0.3) is 0 Å². The minimum atomic E-state index is -0.446. The molecule has 0 atom stereocenters. The Labute approximate surface area is 118 Å². The summed E-state index contributed by atoms with van der Waals surface area (Å²) in [6, 6.07) is 8.18. The molecule has 6 heteroatoms. The Morgan fingerprint density at radius 3 is 2.89 bits per heavy atom. The summed E-state index contributed by atoms with van der Waals surface area (Å²) in [7, 11) is 0. The molecule has 2 aromatic rings. The molecule has 0 aliphatic heterocycles. The number of rotatable bonds is 3. The number of hydrazone groups is 1.